The zero-order valence-corrected chi connectivity index (χ0v) is 19.5. The maximum absolute atomic E-state index is 6.39. The van der Waals surface area contributed by atoms with Gasteiger partial charge in [-0.3, -0.25) is 0 Å². The van der Waals surface area contributed by atoms with Gasteiger partial charge in [0.15, 0.2) is 0 Å². The molecule has 0 saturated heterocycles. The van der Waals surface area contributed by atoms with Crippen molar-refractivity contribution >= 4 is 38.7 Å². The molecule has 0 radical (unpaired) electrons. The van der Waals surface area contributed by atoms with E-state index in [4.69, 9.17) is 9.15 Å². The molecule has 2 aromatic heterocycles. The van der Waals surface area contributed by atoms with Gasteiger partial charge in [-0.1, -0.05) is 12.1 Å². The standard InChI is InChI=1S/C25H33N4O2/c1-27(2)14-13-26-23-19-9-7-8-10-21(19)28(3)24-20-17-18(30-16-15-29(4,5)6)11-12-22(20)31-25(23)24/h7-12,17H,13-16H2,1-6H3/q+1/p+1. The lowest BCUT2D eigenvalue weighted by Crippen LogP contribution is -2.38. The topological polar surface area (TPSA) is 41.5 Å². The van der Waals surface area contributed by atoms with Crippen molar-refractivity contribution in [2.24, 2.45) is 7.05 Å². The number of furan rings is 1. The molecule has 31 heavy (non-hydrogen) atoms. The lowest BCUT2D eigenvalue weighted by molar-refractivity contribution is -0.870. The van der Waals surface area contributed by atoms with Crippen molar-refractivity contribution in [3.05, 3.63) is 42.5 Å². The fraction of sp³-hybridized carbons (Fsp3) is 0.400. The molecule has 6 nitrogen and oxygen atoms in total. The molecule has 0 bridgehead atoms. The first-order chi connectivity index (χ1) is 14.7. The van der Waals surface area contributed by atoms with Gasteiger partial charge in [0.05, 0.1) is 37.6 Å². The molecular formula is C25H34N4O2+2. The van der Waals surface area contributed by atoms with E-state index < -0.39 is 0 Å². The third-order valence-corrected chi connectivity index (χ3v) is 5.62. The fourth-order valence-corrected chi connectivity index (χ4v) is 3.89. The number of fused-ring (bicyclic) bond motifs is 4. The average molecular weight is 423 g/mol. The fourth-order valence-electron chi connectivity index (χ4n) is 3.89. The molecule has 0 fully saturated rings. The number of hydrogen-bond acceptors (Lipinski definition) is 4. The van der Waals surface area contributed by atoms with E-state index in [0.717, 1.165) is 63.0 Å². The quantitative estimate of drug-likeness (QED) is 0.348. The lowest BCUT2D eigenvalue weighted by Gasteiger charge is -2.23. The van der Waals surface area contributed by atoms with Crippen LogP contribution in [-0.2, 0) is 7.05 Å². The van der Waals surface area contributed by atoms with Gasteiger partial charge in [0.1, 0.15) is 31.5 Å². The van der Waals surface area contributed by atoms with Gasteiger partial charge in [0.2, 0.25) is 11.1 Å². The van der Waals surface area contributed by atoms with Crippen LogP contribution in [0.4, 0.5) is 5.69 Å². The maximum Gasteiger partial charge on any atom is 0.261 e. The third-order valence-electron chi connectivity index (χ3n) is 5.62. The molecular weight excluding hydrogens is 388 g/mol. The van der Waals surface area contributed by atoms with Gasteiger partial charge in [0, 0.05) is 19.2 Å². The highest BCUT2D eigenvalue weighted by atomic mass is 16.5. The highest BCUT2D eigenvalue weighted by Gasteiger charge is 2.24. The van der Waals surface area contributed by atoms with E-state index in [1.54, 1.807) is 0 Å². The summed E-state index contributed by atoms with van der Waals surface area (Å²) < 4.78 is 15.6. The van der Waals surface area contributed by atoms with Crippen molar-refractivity contribution in [2.45, 2.75) is 0 Å². The Balaban J connectivity index is 1.82. The van der Waals surface area contributed by atoms with Gasteiger partial charge in [0.25, 0.3) is 5.52 Å². The molecule has 0 aliphatic rings. The molecule has 0 saturated carbocycles. The Bertz CT molecular complexity index is 1220. The first-order valence-corrected chi connectivity index (χ1v) is 10.8. The highest BCUT2D eigenvalue weighted by Crippen LogP contribution is 2.37. The van der Waals surface area contributed by atoms with Crippen molar-refractivity contribution < 1.29 is 18.2 Å². The van der Waals surface area contributed by atoms with E-state index in [9.17, 15) is 0 Å². The number of quaternary nitrogens is 1. The van der Waals surface area contributed by atoms with Crippen molar-refractivity contribution in [1.29, 1.82) is 0 Å². The van der Waals surface area contributed by atoms with E-state index in [2.05, 4.69) is 87.4 Å². The SMILES string of the molecule is CN(C)CCNc1c2ccccc2[n+](C)c2c1oc1ccc(OCC[N+](C)(C)C)cc12. The average Bonchev–Trinajstić information content (AvgIpc) is 3.08. The molecule has 0 aliphatic heterocycles. The van der Waals surface area contributed by atoms with Gasteiger partial charge < -0.3 is 23.9 Å². The molecule has 4 aromatic rings. The van der Waals surface area contributed by atoms with E-state index in [-0.39, 0.29) is 0 Å². The molecule has 0 spiro atoms. The second kappa shape index (κ2) is 8.36. The van der Waals surface area contributed by atoms with Gasteiger partial charge >= 0.3 is 0 Å². The summed E-state index contributed by atoms with van der Waals surface area (Å²) in [7, 11) is 12.8. The van der Waals surface area contributed by atoms with Crippen LogP contribution in [0.1, 0.15) is 0 Å². The number of nitrogens with zero attached hydrogens (tertiary/aromatic N) is 3. The molecule has 0 atom stereocenters. The van der Waals surface area contributed by atoms with Gasteiger partial charge in [-0.15, -0.1) is 0 Å². The minimum Gasteiger partial charge on any atom is -0.488 e. The van der Waals surface area contributed by atoms with Crippen molar-refractivity contribution in [1.82, 2.24) is 4.90 Å². The molecule has 2 heterocycles. The second-order valence-electron chi connectivity index (χ2n) is 9.48. The minimum atomic E-state index is 0.678. The summed E-state index contributed by atoms with van der Waals surface area (Å²) in [5.41, 5.74) is 5.06. The Morgan fingerprint density at radius 2 is 1.84 bits per heavy atom. The molecule has 0 amide bonds. The predicted octanol–water partition coefficient (Wildman–Crippen LogP) is 3.62. The number of benzene rings is 2. The van der Waals surface area contributed by atoms with E-state index in [0.29, 0.717) is 6.61 Å². The van der Waals surface area contributed by atoms with Crippen LogP contribution in [0.25, 0.3) is 33.0 Å². The summed E-state index contributed by atoms with van der Waals surface area (Å²) in [4.78, 5) is 2.17. The molecule has 2 aromatic carbocycles. The van der Waals surface area contributed by atoms with Crippen LogP contribution in [0.5, 0.6) is 5.75 Å². The smallest absolute Gasteiger partial charge is 0.261 e. The number of aromatic nitrogens is 1. The minimum absolute atomic E-state index is 0.678. The Morgan fingerprint density at radius 3 is 2.58 bits per heavy atom. The van der Waals surface area contributed by atoms with Crippen LogP contribution >= 0.6 is 0 Å². The van der Waals surface area contributed by atoms with Crippen LogP contribution < -0.4 is 14.6 Å². The lowest BCUT2D eigenvalue weighted by atomic mass is 10.1. The molecule has 0 aliphatic carbocycles. The van der Waals surface area contributed by atoms with Gasteiger partial charge in [-0.05, 0) is 38.4 Å². The van der Waals surface area contributed by atoms with Crippen molar-refractivity contribution in [3.63, 3.8) is 0 Å². The number of para-hydroxylation sites is 1. The van der Waals surface area contributed by atoms with Crippen LogP contribution in [0.3, 0.4) is 0 Å². The third kappa shape index (κ3) is 4.45. The number of pyridine rings is 1. The second-order valence-corrected chi connectivity index (χ2v) is 9.48. The number of aryl methyl sites for hydroxylation is 1. The predicted molar refractivity (Wildman–Crippen MR) is 128 cm³/mol. The molecule has 1 N–H and O–H groups in total. The number of ether oxygens (including phenoxy) is 1. The monoisotopic (exact) mass is 422 g/mol. The summed E-state index contributed by atoms with van der Waals surface area (Å²) in [6.45, 7) is 3.41. The summed E-state index contributed by atoms with van der Waals surface area (Å²) >= 11 is 0. The Hall–Kier alpha value is -2.83. The zero-order chi connectivity index (χ0) is 22.2. The number of hydrogen-bond donors (Lipinski definition) is 1. The zero-order valence-electron chi connectivity index (χ0n) is 19.5. The number of nitrogens with one attached hydrogen (secondary N) is 1. The summed E-state index contributed by atoms with van der Waals surface area (Å²) in [5.74, 6) is 0.874. The number of likely N-dealkylation sites (N-methyl/N-ethyl adjacent to an activating group) is 2. The number of anilines is 1. The summed E-state index contributed by atoms with van der Waals surface area (Å²) in [6, 6.07) is 14.6. The van der Waals surface area contributed by atoms with Crippen LogP contribution in [-0.4, -0.2) is 70.9 Å². The molecule has 6 heteroatoms. The maximum atomic E-state index is 6.39. The van der Waals surface area contributed by atoms with Crippen LogP contribution in [0, 0.1) is 0 Å². The van der Waals surface area contributed by atoms with Crippen molar-refractivity contribution in [2.75, 3.05) is 66.8 Å². The van der Waals surface area contributed by atoms with E-state index in [1.165, 1.54) is 5.52 Å². The van der Waals surface area contributed by atoms with Crippen LogP contribution in [0.15, 0.2) is 46.9 Å². The van der Waals surface area contributed by atoms with Gasteiger partial charge in [-0.25, -0.2) is 0 Å². The number of rotatable bonds is 8. The Morgan fingerprint density at radius 1 is 1.06 bits per heavy atom. The Labute approximate surface area is 184 Å². The molecule has 164 valence electrons. The molecule has 0 unspecified atom stereocenters. The van der Waals surface area contributed by atoms with Crippen LogP contribution in [0.2, 0.25) is 0 Å². The first-order valence-electron chi connectivity index (χ1n) is 10.8. The normalized spacial score (nSPS) is 12.4. The first kappa shape index (κ1) is 21.4. The van der Waals surface area contributed by atoms with E-state index >= 15 is 0 Å². The highest BCUT2D eigenvalue weighted by molar-refractivity contribution is 6.11. The van der Waals surface area contributed by atoms with Crippen molar-refractivity contribution in [3.8, 4) is 5.75 Å². The Kier molecular flexibility index (Phi) is 5.77. The summed E-state index contributed by atoms with van der Waals surface area (Å²) in [6.07, 6.45) is 0. The molecule has 4 rings (SSSR count). The van der Waals surface area contributed by atoms with Gasteiger partial charge in [-0.2, -0.15) is 4.57 Å². The summed E-state index contributed by atoms with van der Waals surface area (Å²) in [5, 5.41) is 5.87. The van der Waals surface area contributed by atoms with E-state index in [1.807, 2.05) is 12.1 Å². The largest absolute Gasteiger partial charge is 0.488 e.